The minimum atomic E-state index is -4.81. The van der Waals surface area contributed by atoms with E-state index in [-0.39, 0.29) is 22.4 Å². The fraction of sp³-hybridized carbons (Fsp3) is 0.286. The smallest absolute Gasteiger partial charge is 0.480 e. The molecule has 14 heteroatoms. The molecular weight excluding hydrogens is 491 g/mol. The molecule has 35 heavy (non-hydrogen) atoms. The zero-order chi connectivity index (χ0) is 25.8. The number of halogens is 3. The van der Waals surface area contributed by atoms with Crippen molar-refractivity contribution in [2.24, 2.45) is 5.73 Å². The molecule has 0 aliphatic rings. The van der Waals surface area contributed by atoms with Gasteiger partial charge in [-0.2, -0.15) is 0 Å². The number of hydrogen-bond acceptors (Lipinski definition) is 8. The molecule has 4 N–H and O–H groups in total. The van der Waals surface area contributed by atoms with E-state index in [2.05, 4.69) is 20.4 Å². The van der Waals surface area contributed by atoms with Gasteiger partial charge in [-0.1, -0.05) is 23.4 Å². The Morgan fingerprint density at radius 1 is 1.23 bits per heavy atom. The van der Waals surface area contributed by atoms with Crippen LogP contribution in [0.25, 0.3) is 10.9 Å². The Kier molecular flexibility index (Phi) is 7.96. The standard InChI is InChI=1S/C21H20F3N5O5S/c1-11(12-5-7-13(8-6-12)34-21(22,23)24)26-17(30)9-29-19(31)14-3-2-4-16(18(14)27-28-29)35-10-15(25)20(32)33/h2-8,11,15H,9-10,25H2,1H3,(H,26,30)(H,32,33)/t11-,15?/m0/s1. The maximum atomic E-state index is 12.8. The first kappa shape index (κ1) is 26.0. The summed E-state index contributed by atoms with van der Waals surface area (Å²) >= 11 is 1.12. The highest BCUT2D eigenvalue weighted by Gasteiger charge is 2.31. The summed E-state index contributed by atoms with van der Waals surface area (Å²) in [5, 5.41) is 19.6. The molecule has 2 aromatic carbocycles. The second kappa shape index (κ2) is 10.7. The van der Waals surface area contributed by atoms with Crippen LogP contribution < -0.4 is 21.3 Å². The molecule has 0 spiro atoms. The number of amides is 1. The third kappa shape index (κ3) is 6.93. The number of aromatic nitrogens is 3. The van der Waals surface area contributed by atoms with Gasteiger partial charge in [0.1, 0.15) is 23.9 Å². The lowest BCUT2D eigenvalue weighted by atomic mass is 10.1. The lowest BCUT2D eigenvalue weighted by Crippen LogP contribution is -2.35. The molecule has 2 atom stereocenters. The number of ether oxygens (including phenoxy) is 1. The van der Waals surface area contributed by atoms with Crippen molar-refractivity contribution in [2.45, 2.75) is 36.8 Å². The van der Waals surface area contributed by atoms with Crippen LogP contribution in [0.5, 0.6) is 5.75 Å². The van der Waals surface area contributed by atoms with Gasteiger partial charge in [0.2, 0.25) is 5.91 Å². The van der Waals surface area contributed by atoms with Crippen LogP contribution in [0.2, 0.25) is 0 Å². The van der Waals surface area contributed by atoms with E-state index in [1.807, 2.05) is 0 Å². The number of nitrogens with one attached hydrogen (secondary N) is 1. The van der Waals surface area contributed by atoms with Crippen LogP contribution in [-0.4, -0.2) is 50.1 Å². The summed E-state index contributed by atoms with van der Waals surface area (Å²) in [6, 6.07) is 8.10. The van der Waals surface area contributed by atoms with E-state index in [0.29, 0.717) is 10.5 Å². The first-order valence-corrected chi connectivity index (χ1v) is 11.1. The third-order valence-corrected chi connectivity index (χ3v) is 5.90. The molecule has 0 aliphatic carbocycles. The molecular formula is C21H20F3N5O5S. The number of benzene rings is 2. The molecule has 0 fully saturated rings. The van der Waals surface area contributed by atoms with E-state index < -0.39 is 42.4 Å². The average Bonchev–Trinajstić information content (AvgIpc) is 2.78. The molecule has 1 heterocycles. The van der Waals surface area contributed by atoms with Gasteiger partial charge in [0.25, 0.3) is 5.56 Å². The Balaban J connectivity index is 1.69. The van der Waals surface area contributed by atoms with Crippen LogP contribution >= 0.6 is 11.8 Å². The first-order valence-electron chi connectivity index (χ1n) is 10.1. The number of carboxylic acids is 1. The molecule has 3 rings (SSSR count). The van der Waals surface area contributed by atoms with Crippen LogP contribution in [0.1, 0.15) is 18.5 Å². The Labute approximate surface area is 200 Å². The molecule has 1 amide bonds. The molecule has 0 radical (unpaired) electrons. The van der Waals surface area contributed by atoms with Crippen molar-refractivity contribution in [1.82, 2.24) is 20.3 Å². The molecule has 0 bridgehead atoms. The van der Waals surface area contributed by atoms with Crippen molar-refractivity contribution in [3.63, 3.8) is 0 Å². The van der Waals surface area contributed by atoms with E-state index in [1.165, 1.54) is 18.2 Å². The van der Waals surface area contributed by atoms with Crippen LogP contribution in [0.3, 0.4) is 0 Å². The molecule has 0 aliphatic heterocycles. The Morgan fingerprint density at radius 2 is 1.91 bits per heavy atom. The molecule has 186 valence electrons. The van der Waals surface area contributed by atoms with Crippen LogP contribution in [0, 0.1) is 0 Å². The summed E-state index contributed by atoms with van der Waals surface area (Å²) in [5.41, 5.74) is 5.72. The zero-order valence-corrected chi connectivity index (χ0v) is 19.0. The minimum absolute atomic E-state index is 0.0583. The van der Waals surface area contributed by atoms with Gasteiger partial charge >= 0.3 is 12.3 Å². The summed E-state index contributed by atoms with van der Waals surface area (Å²) in [6.45, 7) is 1.18. The largest absolute Gasteiger partial charge is 0.573 e. The number of fused-ring (bicyclic) bond motifs is 1. The summed E-state index contributed by atoms with van der Waals surface area (Å²) in [4.78, 5) is 36.7. The number of alkyl halides is 3. The molecule has 10 nitrogen and oxygen atoms in total. The minimum Gasteiger partial charge on any atom is -0.480 e. The summed E-state index contributed by atoms with van der Waals surface area (Å²) < 4.78 is 41.5. The van der Waals surface area contributed by atoms with Gasteiger partial charge in [-0.15, -0.1) is 30.0 Å². The Morgan fingerprint density at radius 3 is 2.54 bits per heavy atom. The van der Waals surface area contributed by atoms with Crippen molar-refractivity contribution in [2.75, 3.05) is 5.75 Å². The number of hydrogen-bond donors (Lipinski definition) is 3. The van der Waals surface area contributed by atoms with Gasteiger partial charge in [0.15, 0.2) is 0 Å². The Hall–Kier alpha value is -3.65. The lowest BCUT2D eigenvalue weighted by molar-refractivity contribution is -0.274. The topological polar surface area (TPSA) is 149 Å². The van der Waals surface area contributed by atoms with Gasteiger partial charge in [0.05, 0.1) is 11.4 Å². The third-order valence-electron chi connectivity index (χ3n) is 4.74. The number of carbonyl (C=O) groups is 2. The van der Waals surface area contributed by atoms with Crippen LogP contribution in [0.15, 0.2) is 52.2 Å². The SMILES string of the molecule is C[C@H](NC(=O)Cn1nnc2c(SCC(N)C(=O)O)cccc2c1=O)c1ccc(OC(F)(F)F)cc1. The predicted octanol–water partition coefficient (Wildman–Crippen LogP) is 2.07. The number of rotatable bonds is 9. The molecule has 3 aromatic rings. The number of nitrogens with zero attached hydrogens (tertiary/aromatic N) is 3. The highest BCUT2D eigenvalue weighted by Crippen LogP contribution is 2.25. The predicted molar refractivity (Wildman–Crippen MR) is 120 cm³/mol. The summed E-state index contributed by atoms with van der Waals surface area (Å²) in [6.07, 6.45) is -4.81. The van der Waals surface area contributed by atoms with Crippen LogP contribution in [-0.2, 0) is 16.1 Å². The van der Waals surface area contributed by atoms with Crippen molar-refractivity contribution in [1.29, 1.82) is 0 Å². The van der Waals surface area contributed by atoms with E-state index in [4.69, 9.17) is 10.8 Å². The number of aliphatic carboxylic acids is 1. The maximum Gasteiger partial charge on any atom is 0.573 e. The second-order valence-electron chi connectivity index (χ2n) is 7.37. The fourth-order valence-electron chi connectivity index (χ4n) is 3.01. The normalized spacial score (nSPS) is 13.3. The molecule has 0 saturated heterocycles. The van der Waals surface area contributed by atoms with Crippen molar-refractivity contribution in [3.05, 3.63) is 58.4 Å². The second-order valence-corrected chi connectivity index (χ2v) is 8.43. The number of thioether (sulfide) groups is 1. The van der Waals surface area contributed by atoms with Crippen molar-refractivity contribution < 1.29 is 32.6 Å². The number of carbonyl (C=O) groups excluding carboxylic acids is 1. The Bertz CT molecular complexity index is 1280. The van der Waals surface area contributed by atoms with Gasteiger partial charge in [-0.25, -0.2) is 4.68 Å². The van der Waals surface area contributed by atoms with Crippen molar-refractivity contribution >= 4 is 34.5 Å². The quantitative estimate of drug-likeness (QED) is 0.367. The maximum absolute atomic E-state index is 12.8. The van der Waals surface area contributed by atoms with Gasteiger partial charge in [0, 0.05) is 10.6 Å². The lowest BCUT2D eigenvalue weighted by Gasteiger charge is -2.16. The van der Waals surface area contributed by atoms with E-state index in [0.717, 1.165) is 28.6 Å². The van der Waals surface area contributed by atoms with Crippen molar-refractivity contribution in [3.8, 4) is 5.75 Å². The van der Waals surface area contributed by atoms with Gasteiger partial charge in [-0.3, -0.25) is 14.4 Å². The van der Waals surface area contributed by atoms with Crippen LogP contribution in [0.4, 0.5) is 13.2 Å². The average molecular weight is 511 g/mol. The van der Waals surface area contributed by atoms with E-state index >= 15 is 0 Å². The van der Waals surface area contributed by atoms with E-state index in [9.17, 15) is 27.6 Å². The van der Waals surface area contributed by atoms with E-state index in [1.54, 1.807) is 19.1 Å². The highest BCUT2D eigenvalue weighted by molar-refractivity contribution is 7.99. The first-order chi connectivity index (χ1) is 16.4. The summed E-state index contributed by atoms with van der Waals surface area (Å²) in [7, 11) is 0. The van der Waals surface area contributed by atoms with Gasteiger partial charge < -0.3 is 20.9 Å². The molecule has 1 unspecified atom stereocenters. The number of carboxylic acid groups (broad SMARTS) is 1. The zero-order valence-electron chi connectivity index (χ0n) is 18.2. The molecule has 0 saturated carbocycles. The highest BCUT2D eigenvalue weighted by atomic mass is 32.2. The number of nitrogens with two attached hydrogens (primary N) is 1. The van der Waals surface area contributed by atoms with Gasteiger partial charge in [-0.05, 0) is 36.8 Å². The monoisotopic (exact) mass is 511 g/mol. The molecule has 1 aromatic heterocycles. The fourth-order valence-corrected chi connectivity index (χ4v) is 3.98. The summed E-state index contributed by atoms with van der Waals surface area (Å²) in [5.74, 6) is -2.05.